The summed E-state index contributed by atoms with van der Waals surface area (Å²) in [5.74, 6) is -1.20. The molecule has 2 unspecified atom stereocenters. The van der Waals surface area contributed by atoms with Crippen molar-refractivity contribution in [3.8, 4) is 6.07 Å². The SMILES string of the molecule is CC(C)(C)OC(=O)N[C@H](C(=O)N1CCCC1C(=O)N[C@H](C#N)CC1CCNC1=O)C(C)(C)C.CCCNCCC. The lowest BCUT2D eigenvalue weighted by Gasteiger charge is -2.36. The van der Waals surface area contributed by atoms with Crippen LogP contribution in [0.4, 0.5) is 4.79 Å². The molecule has 0 spiro atoms. The van der Waals surface area contributed by atoms with Crippen LogP contribution >= 0.6 is 0 Å². The molecule has 0 aromatic rings. The number of nitriles is 1. The Hall–Kier alpha value is -2.87. The lowest BCUT2D eigenvalue weighted by Crippen LogP contribution is -2.58. The molecule has 4 atom stereocenters. The molecule has 40 heavy (non-hydrogen) atoms. The van der Waals surface area contributed by atoms with Gasteiger partial charge in [0.2, 0.25) is 17.7 Å². The Balaban J connectivity index is 0.00000101. The Morgan fingerprint density at radius 1 is 1.07 bits per heavy atom. The number of rotatable bonds is 10. The van der Waals surface area contributed by atoms with Gasteiger partial charge in [0.1, 0.15) is 23.7 Å². The van der Waals surface area contributed by atoms with Crippen LogP contribution in [0.1, 0.15) is 93.9 Å². The van der Waals surface area contributed by atoms with E-state index in [9.17, 15) is 24.4 Å². The largest absolute Gasteiger partial charge is 0.444 e. The van der Waals surface area contributed by atoms with Crippen molar-refractivity contribution in [2.45, 2.75) is 118 Å². The van der Waals surface area contributed by atoms with E-state index in [4.69, 9.17) is 4.74 Å². The van der Waals surface area contributed by atoms with E-state index in [1.54, 1.807) is 20.8 Å². The monoisotopic (exact) mass is 564 g/mol. The summed E-state index contributed by atoms with van der Waals surface area (Å²) in [5, 5.41) is 20.9. The highest BCUT2D eigenvalue weighted by Gasteiger charge is 2.43. The fraction of sp³-hybridized carbons (Fsp3) is 0.828. The number of hydrogen-bond donors (Lipinski definition) is 4. The minimum atomic E-state index is -0.894. The number of alkyl carbamates (subject to hydrolysis) is 1. The molecule has 0 saturated carbocycles. The van der Waals surface area contributed by atoms with Gasteiger partial charge in [-0.3, -0.25) is 14.4 Å². The zero-order valence-corrected chi connectivity index (χ0v) is 25.8. The lowest BCUT2D eigenvalue weighted by molar-refractivity contribution is -0.142. The Bertz CT molecular complexity index is 885. The molecule has 0 bridgehead atoms. The van der Waals surface area contributed by atoms with E-state index in [0.29, 0.717) is 32.4 Å². The number of hydrogen-bond acceptors (Lipinski definition) is 7. The quantitative estimate of drug-likeness (QED) is 0.298. The van der Waals surface area contributed by atoms with Crippen LogP contribution in [-0.2, 0) is 19.1 Å². The molecule has 2 saturated heterocycles. The standard InChI is InChI=1S/C23H37N5O5.C6H15N/c1-22(2,3)17(27-21(32)33-23(4,5)6)20(31)28-11-7-8-16(28)19(30)26-15(13-24)12-14-9-10-25-18(14)29;1-3-5-7-6-4-2/h14-17H,7-12H2,1-6H3,(H,25,29)(H,26,30)(H,27,32);7H,3-6H2,1-2H3/t14?,15-,16?,17+;/m0./s1. The molecule has 2 aliphatic heterocycles. The normalized spacial score (nSPS) is 20.4. The summed E-state index contributed by atoms with van der Waals surface area (Å²) < 4.78 is 5.32. The van der Waals surface area contributed by atoms with Crippen LogP contribution in [0.5, 0.6) is 0 Å². The van der Waals surface area contributed by atoms with Gasteiger partial charge >= 0.3 is 6.09 Å². The highest BCUT2D eigenvalue weighted by Crippen LogP contribution is 2.26. The fourth-order valence-corrected chi connectivity index (χ4v) is 4.59. The van der Waals surface area contributed by atoms with Gasteiger partial charge in [-0.05, 0) is 77.8 Å². The van der Waals surface area contributed by atoms with Gasteiger partial charge in [0.05, 0.1) is 6.07 Å². The summed E-state index contributed by atoms with van der Waals surface area (Å²) in [4.78, 5) is 52.1. The molecule has 2 aliphatic rings. The van der Waals surface area contributed by atoms with E-state index in [0.717, 1.165) is 0 Å². The Labute approximate surface area is 240 Å². The first kappa shape index (κ1) is 35.2. The number of nitrogens with one attached hydrogen (secondary N) is 4. The molecule has 0 aromatic heterocycles. The van der Waals surface area contributed by atoms with E-state index < -0.39 is 41.1 Å². The van der Waals surface area contributed by atoms with Gasteiger partial charge in [0.25, 0.3) is 0 Å². The molecule has 0 radical (unpaired) electrons. The highest BCUT2D eigenvalue weighted by atomic mass is 16.6. The molecule has 2 heterocycles. The maximum absolute atomic E-state index is 13.4. The fourth-order valence-electron chi connectivity index (χ4n) is 4.59. The molecule has 2 fully saturated rings. The zero-order valence-electron chi connectivity index (χ0n) is 25.8. The van der Waals surface area contributed by atoms with Crippen LogP contribution < -0.4 is 21.3 Å². The second-order valence-corrected chi connectivity index (χ2v) is 12.6. The van der Waals surface area contributed by atoms with Gasteiger partial charge < -0.3 is 30.9 Å². The van der Waals surface area contributed by atoms with E-state index in [1.807, 2.05) is 20.8 Å². The predicted molar refractivity (Wildman–Crippen MR) is 154 cm³/mol. The van der Waals surface area contributed by atoms with E-state index in [-0.39, 0.29) is 24.2 Å². The van der Waals surface area contributed by atoms with Crippen molar-refractivity contribution >= 4 is 23.8 Å². The third-order valence-electron chi connectivity index (χ3n) is 6.62. The van der Waals surface area contributed by atoms with Crippen LogP contribution in [0.3, 0.4) is 0 Å². The number of amides is 4. The molecule has 2 rings (SSSR count). The third-order valence-corrected chi connectivity index (χ3v) is 6.62. The van der Waals surface area contributed by atoms with Crippen molar-refractivity contribution in [2.24, 2.45) is 11.3 Å². The molecule has 4 N–H and O–H groups in total. The van der Waals surface area contributed by atoms with Crippen molar-refractivity contribution in [3.63, 3.8) is 0 Å². The van der Waals surface area contributed by atoms with Crippen LogP contribution in [0, 0.1) is 22.7 Å². The molecular formula is C29H52N6O5. The molecule has 11 nitrogen and oxygen atoms in total. The van der Waals surface area contributed by atoms with Crippen LogP contribution in [0.2, 0.25) is 0 Å². The average molecular weight is 565 g/mol. The highest BCUT2D eigenvalue weighted by molar-refractivity contribution is 5.92. The molecular weight excluding hydrogens is 512 g/mol. The first-order chi connectivity index (χ1) is 18.6. The van der Waals surface area contributed by atoms with Crippen LogP contribution in [-0.4, -0.2) is 78.6 Å². The first-order valence-electron chi connectivity index (χ1n) is 14.6. The maximum Gasteiger partial charge on any atom is 0.408 e. The third kappa shape index (κ3) is 12.1. The average Bonchev–Trinajstić information content (AvgIpc) is 3.50. The van der Waals surface area contributed by atoms with Crippen molar-refractivity contribution in [1.82, 2.24) is 26.2 Å². The number of likely N-dealkylation sites (tertiary alicyclic amines) is 1. The number of ether oxygens (including phenoxy) is 1. The van der Waals surface area contributed by atoms with Crippen molar-refractivity contribution in [2.75, 3.05) is 26.2 Å². The Morgan fingerprint density at radius 3 is 2.17 bits per heavy atom. The summed E-state index contributed by atoms with van der Waals surface area (Å²) in [6, 6.07) is -0.397. The van der Waals surface area contributed by atoms with E-state index in [2.05, 4.69) is 41.2 Å². The summed E-state index contributed by atoms with van der Waals surface area (Å²) in [7, 11) is 0. The molecule has 0 aliphatic carbocycles. The topological polar surface area (TPSA) is 153 Å². The predicted octanol–water partition coefficient (Wildman–Crippen LogP) is 2.85. The Morgan fingerprint density at radius 2 is 1.70 bits per heavy atom. The molecule has 228 valence electrons. The summed E-state index contributed by atoms with van der Waals surface area (Å²) >= 11 is 0. The minimum absolute atomic E-state index is 0.108. The van der Waals surface area contributed by atoms with Gasteiger partial charge in [-0.15, -0.1) is 0 Å². The molecule has 11 heteroatoms. The minimum Gasteiger partial charge on any atom is -0.444 e. The Kier molecular flexibility index (Phi) is 14.4. The van der Waals surface area contributed by atoms with E-state index >= 15 is 0 Å². The number of carbonyl (C=O) groups is 4. The smallest absolute Gasteiger partial charge is 0.408 e. The second-order valence-electron chi connectivity index (χ2n) is 12.6. The van der Waals surface area contributed by atoms with Gasteiger partial charge in [-0.1, -0.05) is 34.6 Å². The van der Waals surface area contributed by atoms with E-state index in [1.165, 1.54) is 30.8 Å². The number of nitrogens with zero attached hydrogens (tertiary/aromatic N) is 2. The first-order valence-corrected chi connectivity index (χ1v) is 14.6. The number of carbonyl (C=O) groups excluding carboxylic acids is 4. The lowest BCUT2D eigenvalue weighted by atomic mass is 9.85. The van der Waals surface area contributed by atoms with Crippen LogP contribution in [0.25, 0.3) is 0 Å². The van der Waals surface area contributed by atoms with Crippen molar-refractivity contribution in [1.29, 1.82) is 5.26 Å². The summed E-state index contributed by atoms with van der Waals surface area (Å²) in [6.45, 7) is 18.4. The van der Waals surface area contributed by atoms with Crippen LogP contribution in [0.15, 0.2) is 0 Å². The van der Waals surface area contributed by atoms with Gasteiger partial charge in [-0.2, -0.15) is 5.26 Å². The summed E-state index contributed by atoms with van der Waals surface area (Å²) in [6.07, 6.45) is 3.76. The van der Waals surface area contributed by atoms with Gasteiger partial charge in [0.15, 0.2) is 0 Å². The van der Waals surface area contributed by atoms with Gasteiger partial charge in [-0.25, -0.2) is 4.79 Å². The van der Waals surface area contributed by atoms with Crippen molar-refractivity contribution < 1.29 is 23.9 Å². The molecule has 4 amide bonds. The summed E-state index contributed by atoms with van der Waals surface area (Å²) in [5.41, 5.74) is -1.34. The second kappa shape index (κ2) is 16.4. The van der Waals surface area contributed by atoms with Crippen molar-refractivity contribution in [3.05, 3.63) is 0 Å². The maximum atomic E-state index is 13.4. The zero-order chi connectivity index (χ0) is 30.5. The van der Waals surface area contributed by atoms with Gasteiger partial charge in [0, 0.05) is 19.0 Å². The molecule has 0 aromatic carbocycles.